The zero-order valence-corrected chi connectivity index (χ0v) is 14.9. The van der Waals surface area contributed by atoms with Crippen LogP contribution in [0.3, 0.4) is 0 Å². The molecule has 1 aromatic carbocycles. The van der Waals surface area contributed by atoms with Gasteiger partial charge in [0.05, 0.1) is 29.9 Å². The van der Waals surface area contributed by atoms with Gasteiger partial charge in [-0.25, -0.2) is 8.42 Å². The molecule has 2 rings (SSSR count). The number of thiophene rings is 1. The van der Waals surface area contributed by atoms with E-state index in [4.69, 9.17) is 11.6 Å². The van der Waals surface area contributed by atoms with Gasteiger partial charge in [-0.05, 0) is 23.6 Å². The molecule has 1 aromatic heterocycles. The molecule has 124 valence electrons. The third kappa shape index (κ3) is 5.23. The molecule has 0 saturated carbocycles. The first-order chi connectivity index (χ1) is 10.9. The van der Waals surface area contributed by atoms with E-state index in [0.29, 0.717) is 17.1 Å². The maximum Gasteiger partial charge on any atom is 0.232 e. The number of amides is 1. The highest BCUT2D eigenvalue weighted by Gasteiger charge is 2.19. The van der Waals surface area contributed by atoms with Crippen molar-refractivity contribution in [2.45, 2.75) is 6.42 Å². The molecular formula is C15H17ClN2O3S2. The SMILES string of the molecule is CS(=O)(=O)N(CCNC(=O)Cc1cccs1)c1ccccc1Cl. The van der Waals surface area contributed by atoms with Crippen LogP contribution in [-0.2, 0) is 21.2 Å². The molecule has 0 saturated heterocycles. The lowest BCUT2D eigenvalue weighted by Crippen LogP contribution is -2.38. The lowest BCUT2D eigenvalue weighted by molar-refractivity contribution is -0.120. The number of para-hydroxylation sites is 1. The Bertz CT molecular complexity index is 761. The summed E-state index contributed by atoms with van der Waals surface area (Å²) >= 11 is 7.58. The van der Waals surface area contributed by atoms with E-state index in [1.807, 2.05) is 17.5 Å². The fraction of sp³-hybridized carbons (Fsp3) is 0.267. The van der Waals surface area contributed by atoms with Gasteiger partial charge in [-0.1, -0.05) is 29.8 Å². The number of benzene rings is 1. The highest BCUT2D eigenvalue weighted by Crippen LogP contribution is 2.26. The van der Waals surface area contributed by atoms with Crippen LogP contribution in [0.15, 0.2) is 41.8 Å². The summed E-state index contributed by atoms with van der Waals surface area (Å²) in [5.41, 5.74) is 0.407. The summed E-state index contributed by atoms with van der Waals surface area (Å²) in [6.45, 7) is 0.335. The number of hydrogen-bond donors (Lipinski definition) is 1. The molecule has 1 heterocycles. The first-order valence-electron chi connectivity index (χ1n) is 6.89. The fourth-order valence-corrected chi connectivity index (χ4v) is 3.98. The average Bonchev–Trinajstić information content (AvgIpc) is 2.96. The smallest absolute Gasteiger partial charge is 0.232 e. The van der Waals surface area contributed by atoms with Gasteiger partial charge in [0.2, 0.25) is 15.9 Å². The third-order valence-corrected chi connectivity index (χ3v) is 5.45. The average molecular weight is 373 g/mol. The Balaban J connectivity index is 1.97. The fourth-order valence-electron chi connectivity index (χ4n) is 2.05. The van der Waals surface area contributed by atoms with E-state index in [-0.39, 0.29) is 19.0 Å². The van der Waals surface area contributed by atoms with E-state index in [2.05, 4.69) is 5.32 Å². The van der Waals surface area contributed by atoms with E-state index < -0.39 is 10.0 Å². The van der Waals surface area contributed by atoms with Crippen molar-refractivity contribution < 1.29 is 13.2 Å². The Morgan fingerprint density at radius 3 is 2.61 bits per heavy atom. The Labute approximate surface area is 144 Å². The van der Waals surface area contributed by atoms with Crippen molar-refractivity contribution in [1.82, 2.24) is 5.32 Å². The zero-order valence-electron chi connectivity index (χ0n) is 12.5. The van der Waals surface area contributed by atoms with Crippen LogP contribution in [-0.4, -0.2) is 33.7 Å². The Morgan fingerprint density at radius 2 is 2.00 bits per heavy atom. The largest absolute Gasteiger partial charge is 0.354 e. The molecule has 2 aromatic rings. The molecule has 0 aliphatic carbocycles. The predicted molar refractivity (Wildman–Crippen MR) is 94.7 cm³/mol. The molecule has 8 heteroatoms. The minimum atomic E-state index is -3.49. The van der Waals surface area contributed by atoms with Gasteiger partial charge >= 0.3 is 0 Å². The van der Waals surface area contributed by atoms with Gasteiger partial charge in [-0.3, -0.25) is 9.10 Å². The molecule has 0 spiro atoms. The molecule has 0 bridgehead atoms. The Kier molecular flexibility index (Phi) is 6.04. The Morgan fingerprint density at radius 1 is 1.26 bits per heavy atom. The number of sulfonamides is 1. The van der Waals surface area contributed by atoms with Gasteiger partial charge in [-0.15, -0.1) is 11.3 Å². The van der Waals surface area contributed by atoms with Crippen molar-refractivity contribution in [3.05, 3.63) is 51.7 Å². The van der Waals surface area contributed by atoms with E-state index in [9.17, 15) is 13.2 Å². The normalized spacial score (nSPS) is 11.2. The van der Waals surface area contributed by atoms with Crippen LogP contribution in [0.2, 0.25) is 5.02 Å². The molecule has 0 atom stereocenters. The minimum Gasteiger partial charge on any atom is -0.354 e. The van der Waals surface area contributed by atoms with Crippen LogP contribution in [0.1, 0.15) is 4.88 Å². The number of carbonyl (C=O) groups is 1. The van der Waals surface area contributed by atoms with Gasteiger partial charge in [0.25, 0.3) is 0 Å². The summed E-state index contributed by atoms with van der Waals surface area (Å²) in [4.78, 5) is 12.8. The van der Waals surface area contributed by atoms with Crippen LogP contribution in [0.25, 0.3) is 0 Å². The van der Waals surface area contributed by atoms with Gasteiger partial charge in [0, 0.05) is 11.4 Å². The minimum absolute atomic E-state index is 0.124. The van der Waals surface area contributed by atoms with Crippen LogP contribution in [0.4, 0.5) is 5.69 Å². The molecular weight excluding hydrogens is 356 g/mol. The van der Waals surface area contributed by atoms with Crippen molar-refractivity contribution in [3.63, 3.8) is 0 Å². The standard InChI is InChI=1S/C15H17ClN2O3S2/c1-23(20,21)18(14-7-3-2-6-13(14)16)9-8-17-15(19)11-12-5-4-10-22-12/h2-7,10H,8-9,11H2,1H3,(H,17,19). The maximum absolute atomic E-state index is 12.0. The lowest BCUT2D eigenvalue weighted by Gasteiger charge is -2.23. The molecule has 1 N–H and O–H groups in total. The third-order valence-electron chi connectivity index (χ3n) is 3.07. The van der Waals surface area contributed by atoms with Gasteiger partial charge in [-0.2, -0.15) is 0 Å². The Hall–Kier alpha value is -1.57. The van der Waals surface area contributed by atoms with Crippen LogP contribution in [0.5, 0.6) is 0 Å². The number of nitrogens with one attached hydrogen (secondary N) is 1. The first kappa shape index (κ1) is 17.8. The van der Waals surface area contributed by atoms with E-state index in [0.717, 1.165) is 11.1 Å². The van der Waals surface area contributed by atoms with Crippen molar-refractivity contribution in [2.75, 3.05) is 23.7 Å². The monoisotopic (exact) mass is 372 g/mol. The van der Waals surface area contributed by atoms with Crippen LogP contribution in [0, 0.1) is 0 Å². The predicted octanol–water partition coefficient (Wildman–Crippen LogP) is 2.53. The zero-order chi connectivity index (χ0) is 16.9. The molecule has 0 aliphatic rings. The lowest BCUT2D eigenvalue weighted by atomic mass is 10.3. The molecule has 0 aliphatic heterocycles. The number of rotatable bonds is 7. The second kappa shape index (κ2) is 7.81. The maximum atomic E-state index is 12.0. The van der Waals surface area contributed by atoms with Crippen LogP contribution < -0.4 is 9.62 Å². The second-order valence-corrected chi connectivity index (χ2v) is 8.24. The summed E-state index contributed by atoms with van der Waals surface area (Å²) in [7, 11) is -3.49. The van der Waals surface area contributed by atoms with Crippen molar-refractivity contribution in [3.8, 4) is 0 Å². The second-order valence-electron chi connectivity index (χ2n) is 4.89. The number of anilines is 1. The van der Waals surface area contributed by atoms with E-state index in [1.165, 1.54) is 15.6 Å². The topological polar surface area (TPSA) is 66.5 Å². The molecule has 0 unspecified atom stereocenters. The van der Waals surface area contributed by atoms with E-state index >= 15 is 0 Å². The summed E-state index contributed by atoms with van der Waals surface area (Å²) in [5.74, 6) is -0.139. The van der Waals surface area contributed by atoms with Crippen molar-refractivity contribution in [2.24, 2.45) is 0 Å². The molecule has 0 radical (unpaired) electrons. The number of halogens is 1. The number of nitrogens with zero attached hydrogens (tertiary/aromatic N) is 1. The van der Waals surface area contributed by atoms with E-state index in [1.54, 1.807) is 24.3 Å². The summed E-state index contributed by atoms with van der Waals surface area (Å²) < 4.78 is 25.1. The number of hydrogen-bond acceptors (Lipinski definition) is 4. The van der Waals surface area contributed by atoms with Gasteiger partial charge < -0.3 is 5.32 Å². The van der Waals surface area contributed by atoms with Crippen molar-refractivity contribution in [1.29, 1.82) is 0 Å². The van der Waals surface area contributed by atoms with Gasteiger partial charge in [0.1, 0.15) is 0 Å². The highest BCUT2D eigenvalue weighted by molar-refractivity contribution is 7.92. The molecule has 23 heavy (non-hydrogen) atoms. The number of carbonyl (C=O) groups excluding carboxylic acids is 1. The molecule has 0 fully saturated rings. The molecule has 5 nitrogen and oxygen atoms in total. The van der Waals surface area contributed by atoms with Crippen molar-refractivity contribution >= 4 is 44.6 Å². The molecule has 1 amide bonds. The highest BCUT2D eigenvalue weighted by atomic mass is 35.5. The van der Waals surface area contributed by atoms with Gasteiger partial charge in [0.15, 0.2) is 0 Å². The quantitative estimate of drug-likeness (QED) is 0.812. The summed E-state index contributed by atoms with van der Waals surface area (Å²) in [6.07, 6.45) is 1.41. The first-order valence-corrected chi connectivity index (χ1v) is 10.00. The summed E-state index contributed by atoms with van der Waals surface area (Å²) in [6, 6.07) is 10.5. The summed E-state index contributed by atoms with van der Waals surface area (Å²) in [5, 5.41) is 4.99. The van der Waals surface area contributed by atoms with Crippen LogP contribution >= 0.6 is 22.9 Å².